The van der Waals surface area contributed by atoms with Gasteiger partial charge in [0.25, 0.3) is 0 Å². The lowest BCUT2D eigenvalue weighted by Crippen LogP contribution is -2.09. The zero-order chi connectivity index (χ0) is 18.2. The molecule has 2 rings (SSSR count). The number of methoxy groups -OCH3 is 3. The summed E-state index contributed by atoms with van der Waals surface area (Å²) >= 11 is 1.44. The summed E-state index contributed by atoms with van der Waals surface area (Å²) in [4.78, 5) is 20.4. The Labute approximate surface area is 150 Å². The first kappa shape index (κ1) is 18.6. The Morgan fingerprint density at radius 3 is 2.36 bits per heavy atom. The van der Waals surface area contributed by atoms with Crippen LogP contribution < -0.4 is 9.47 Å². The number of hydrogen-bond acceptors (Lipinski definition) is 7. The van der Waals surface area contributed by atoms with E-state index in [1.165, 1.54) is 25.1 Å². The van der Waals surface area contributed by atoms with Gasteiger partial charge in [-0.1, -0.05) is 30.5 Å². The van der Waals surface area contributed by atoms with E-state index in [2.05, 4.69) is 21.8 Å². The standard InChI is InChI=1S/C18H18N2O4S/c1-5-25-18-19-11-13(16(20-18)17(21)24-4)7-6-12-8-14(22-2)10-15(9-12)23-3/h8-11H,5H2,1-4H3. The minimum Gasteiger partial charge on any atom is -0.497 e. The molecule has 0 unspecified atom stereocenters. The Bertz CT molecular complexity index is 805. The van der Waals surface area contributed by atoms with Crippen LogP contribution in [-0.2, 0) is 4.74 Å². The molecule has 25 heavy (non-hydrogen) atoms. The van der Waals surface area contributed by atoms with E-state index >= 15 is 0 Å². The van der Waals surface area contributed by atoms with Crippen LogP contribution in [-0.4, -0.2) is 43.0 Å². The largest absolute Gasteiger partial charge is 0.497 e. The second kappa shape index (κ2) is 8.94. The van der Waals surface area contributed by atoms with E-state index in [0.29, 0.717) is 27.8 Å². The number of rotatable bonds is 5. The number of hydrogen-bond donors (Lipinski definition) is 0. The smallest absolute Gasteiger partial charge is 0.358 e. The minimum atomic E-state index is -0.548. The van der Waals surface area contributed by atoms with Gasteiger partial charge in [-0.25, -0.2) is 14.8 Å². The fourth-order valence-corrected chi connectivity index (χ4v) is 2.47. The number of carbonyl (C=O) groups excluding carboxylic acids is 1. The molecule has 0 aliphatic rings. The highest BCUT2D eigenvalue weighted by atomic mass is 32.2. The number of ether oxygens (including phenoxy) is 3. The summed E-state index contributed by atoms with van der Waals surface area (Å²) in [6, 6.07) is 5.30. The molecular formula is C18H18N2O4S. The Morgan fingerprint density at radius 2 is 1.80 bits per heavy atom. The number of thioether (sulfide) groups is 1. The maximum absolute atomic E-state index is 12.0. The normalized spacial score (nSPS) is 9.76. The van der Waals surface area contributed by atoms with Gasteiger partial charge < -0.3 is 14.2 Å². The number of esters is 1. The van der Waals surface area contributed by atoms with Crippen LogP contribution in [0.1, 0.15) is 28.5 Å². The molecular weight excluding hydrogens is 340 g/mol. The molecule has 0 aliphatic carbocycles. The third kappa shape index (κ3) is 4.88. The molecule has 0 atom stereocenters. The van der Waals surface area contributed by atoms with Gasteiger partial charge in [-0.15, -0.1) is 0 Å². The third-order valence-corrected chi connectivity index (χ3v) is 3.86. The van der Waals surface area contributed by atoms with Crippen molar-refractivity contribution in [3.8, 4) is 23.3 Å². The van der Waals surface area contributed by atoms with E-state index in [-0.39, 0.29) is 5.69 Å². The van der Waals surface area contributed by atoms with Crippen LogP contribution in [0.5, 0.6) is 11.5 Å². The molecule has 7 heteroatoms. The predicted molar refractivity (Wildman–Crippen MR) is 95.3 cm³/mol. The first-order chi connectivity index (χ1) is 12.1. The van der Waals surface area contributed by atoms with Crippen molar-refractivity contribution < 1.29 is 19.0 Å². The number of nitrogens with zero attached hydrogens (tertiary/aromatic N) is 2. The van der Waals surface area contributed by atoms with Crippen molar-refractivity contribution in [3.63, 3.8) is 0 Å². The van der Waals surface area contributed by atoms with Gasteiger partial charge in [-0.2, -0.15) is 0 Å². The fraction of sp³-hybridized carbons (Fsp3) is 0.278. The summed E-state index contributed by atoms with van der Waals surface area (Å²) in [5.74, 6) is 7.40. The average Bonchev–Trinajstić information content (AvgIpc) is 2.66. The Balaban J connectivity index is 2.44. The van der Waals surface area contributed by atoms with Gasteiger partial charge in [0.15, 0.2) is 10.9 Å². The summed E-state index contributed by atoms with van der Waals surface area (Å²) in [6.07, 6.45) is 1.53. The summed E-state index contributed by atoms with van der Waals surface area (Å²) in [6.45, 7) is 1.98. The summed E-state index contributed by atoms with van der Waals surface area (Å²) < 4.78 is 15.2. The number of carbonyl (C=O) groups is 1. The Kier molecular flexibility index (Phi) is 6.66. The average molecular weight is 358 g/mol. The second-order valence-electron chi connectivity index (χ2n) is 4.69. The van der Waals surface area contributed by atoms with Gasteiger partial charge in [0.1, 0.15) is 11.5 Å². The topological polar surface area (TPSA) is 70.5 Å². The fourth-order valence-electron chi connectivity index (χ4n) is 1.93. The van der Waals surface area contributed by atoms with Crippen LogP contribution in [0.2, 0.25) is 0 Å². The van der Waals surface area contributed by atoms with Crippen LogP contribution in [0.3, 0.4) is 0 Å². The van der Waals surface area contributed by atoms with Crippen LogP contribution in [0.4, 0.5) is 0 Å². The summed E-state index contributed by atoms with van der Waals surface area (Å²) in [5, 5.41) is 0.511. The lowest BCUT2D eigenvalue weighted by Gasteiger charge is -2.05. The second-order valence-corrected chi connectivity index (χ2v) is 5.92. The molecule has 0 bridgehead atoms. The van der Waals surface area contributed by atoms with Crippen molar-refractivity contribution in [1.29, 1.82) is 0 Å². The first-order valence-corrected chi connectivity index (χ1v) is 8.43. The van der Waals surface area contributed by atoms with Gasteiger partial charge in [-0.3, -0.25) is 0 Å². The molecule has 1 heterocycles. The van der Waals surface area contributed by atoms with Crippen molar-refractivity contribution >= 4 is 17.7 Å². The van der Waals surface area contributed by atoms with E-state index < -0.39 is 5.97 Å². The molecule has 0 amide bonds. The summed E-state index contributed by atoms with van der Waals surface area (Å²) in [5.41, 5.74) is 1.23. The molecule has 0 aliphatic heterocycles. The van der Waals surface area contributed by atoms with Crippen molar-refractivity contribution in [1.82, 2.24) is 9.97 Å². The molecule has 1 aromatic heterocycles. The maximum atomic E-state index is 12.0. The van der Waals surface area contributed by atoms with Crippen molar-refractivity contribution in [2.45, 2.75) is 12.1 Å². The van der Waals surface area contributed by atoms with Crippen molar-refractivity contribution in [2.24, 2.45) is 0 Å². The SMILES string of the molecule is CCSc1ncc(C#Cc2cc(OC)cc(OC)c2)c(C(=O)OC)n1. The van der Waals surface area contributed by atoms with E-state index in [1.807, 2.05) is 6.92 Å². The molecule has 6 nitrogen and oxygen atoms in total. The minimum absolute atomic E-state index is 0.149. The van der Waals surface area contributed by atoms with E-state index in [0.717, 1.165) is 5.75 Å². The van der Waals surface area contributed by atoms with Crippen LogP contribution in [0, 0.1) is 11.8 Å². The molecule has 0 fully saturated rings. The van der Waals surface area contributed by atoms with E-state index in [1.54, 1.807) is 32.4 Å². The summed E-state index contributed by atoms with van der Waals surface area (Å²) in [7, 11) is 4.44. The number of benzene rings is 1. The zero-order valence-electron chi connectivity index (χ0n) is 14.5. The highest BCUT2D eigenvalue weighted by Crippen LogP contribution is 2.22. The van der Waals surface area contributed by atoms with Gasteiger partial charge >= 0.3 is 5.97 Å². The van der Waals surface area contributed by atoms with E-state index in [4.69, 9.17) is 14.2 Å². The molecule has 0 radical (unpaired) electrons. The van der Waals surface area contributed by atoms with Crippen molar-refractivity contribution in [3.05, 3.63) is 41.2 Å². The highest BCUT2D eigenvalue weighted by Gasteiger charge is 2.14. The molecule has 2 aromatic rings. The molecule has 0 N–H and O–H groups in total. The predicted octanol–water partition coefficient (Wildman–Crippen LogP) is 2.79. The Hall–Kier alpha value is -2.72. The highest BCUT2D eigenvalue weighted by molar-refractivity contribution is 7.99. The van der Waals surface area contributed by atoms with Crippen LogP contribution in [0.15, 0.2) is 29.6 Å². The molecule has 1 aromatic carbocycles. The van der Waals surface area contributed by atoms with Gasteiger partial charge in [0.2, 0.25) is 0 Å². The van der Waals surface area contributed by atoms with Gasteiger partial charge in [0.05, 0.1) is 26.9 Å². The Morgan fingerprint density at radius 1 is 1.12 bits per heavy atom. The van der Waals surface area contributed by atoms with Crippen molar-refractivity contribution in [2.75, 3.05) is 27.1 Å². The van der Waals surface area contributed by atoms with Gasteiger partial charge in [-0.05, 0) is 17.9 Å². The lowest BCUT2D eigenvalue weighted by molar-refractivity contribution is 0.0592. The van der Waals surface area contributed by atoms with Crippen LogP contribution in [0.25, 0.3) is 0 Å². The molecule has 0 saturated heterocycles. The maximum Gasteiger partial charge on any atom is 0.358 e. The van der Waals surface area contributed by atoms with E-state index in [9.17, 15) is 4.79 Å². The lowest BCUT2D eigenvalue weighted by atomic mass is 10.1. The molecule has 0 spiro atoms. The quantitative estimate of drug-likeness (QED) is 0.352. The number of aromatic nitrogens is 2. The van der Waals surface area contributed by atoms with Crippen LogP contribution >= 0.6 is 11.8 Å². The monoisotopic (exact) mass is 358 g/mol. The van der Waals surface area contributed by atoms with Gasteiger partial charge in [0, 0.05) is 17.8 Å². The first-order valence-electron chi connectivity index (χ1n) is 7.44. The third-order valence-electron chi connectivity index (χ3n) is 3.11. The molecule has 130 valence electrons. The zero-order valence-corrected chi connectivity index (χ0v) is 15.3. The molecule has 0 saturated carbocycles.